The van der Waals surface area contributed by atoms with Crippen LogP contribution < -0.4 is 4.90 Å². The van der Waals surface area contributed by atoms with Crippen molar-refractivity contribution in [2.24, 2.45) is 0 Å². The van der Waals surface area contributed by atoms with Crippen LogP contribution in [0.5, 0.6) is 0 Å². The molecule has 1 fully saturated rings. The highest BCUT2D eigenvalue weighted by atomic mass is 16.1. The van der Waals surface area contributed by atoms with Gasteiger partial charge in [0.1, 0.15) is 5.82 Å². The summed E-state index contributed by atoms with van der Waals surface area (Å²) in [6, 6.07) is 3.92. The van der Waals surface area contributed by atoms with Crippen LogP contribution >= 0.6 is 0 Å². The second-order valence-corrected chi connectivity index (χ2v) is 4.41. The van der Waals surface area contributed by atoms with Crippen LogP contribution in [0.3, 0.4) is 0 Å². The van der Waals surface area contributed by atoms with Gasteiger partial charge in [-0.05, 0) is 50.5 Å². The van der Waals surface area contributed by atoms with Crippen LogP contribution in [0.2, 0.25) is 0 Å². The molecule has 0 N–H and O–H groups in total. The van der Waals surface area contributed by atoms with Crippen molar-refractivity contribution in [3.63, 3.8) is 0 Å². The number of hydrogen-bond acceptors (Lipinski definition) is 3. The van der Waals surface area contributed by atoms with Crippen LogP contribution in [-0.2, 0) is 4.79 Å². The first-order valence-electron chi connectivity index (χ1n) is 6.16. The van der Waals surface area contributed by atoms with Crippen LogP contribution in [0.15, 0.2) is 24.4 Å². The van der Waals surface area contributed by atoms with Crippen molar-refractivity contribution in [2.75, 3.05) is 18.0 Å². The number of aromatic nitrogens is 1. The van der Waals surface area contributed by atoms with Crippen molar-refractivity contribution >= 4 is 17.7 Å². The standard InChI is InChI=1S/C14H18N2O/c1-12(17)7-8-13-6-5-9-15-14(13)16-10-3-2-4-11-16/h5-9H,2-4,10-11H2,1H3/b8-7+. The van der Waals surface area contributed by atoms with E-state index in [4.69, 9.17) is 0 Å². The van der Waals surface area contributed by atoms with E-state index >= 15 is 0 Å². The summed E-state index contributed by atoms with van der Waals surface area (Å²) in [6.07, 6.45) is 9.04. The van der Waals surface area contributed by atoms with Crippen molar-refractivity contribution in [2.45, 2.75) is 26.2 Å². The Morgan fingerprint density at radius 1 is 1.35 bits per heavy atom. The lowest BCUT2D eigenvalue weighted by Crippen LogP contribution is -2.30. The van der Waals surface area contributed by atoms with Crippen molar-refractivity contribution in [3.8, 4) is 0 Å². The first-order valence-corrected chi connectivity index (χ1v) is 6.16. The van der Waals surface area contributed by atoms with E-state index in [9.17, 15) is 4.79 Å². The summed E-state index contributed by atoms with van der Waals surface area (Å²) in [6.45, 7) is 3.70. The molecule has 1 aliphatic rings. The third-order valence-electron chi connectivity index (χ3n) is 2.97. The number of piperidine rings is 1. The first kappa shape index (κ1) is 11.8. The highest BCUT2D eigenvalue weighted by Gasteiger charge is 2.14. The molecule has 0 unspecified atom stereocenters. The topological polar surface area (TPSA) is 33.2 Å². The molecule has 1 saturated heterocycles. The van der Waals surface area contributed by atoms with Crippen LogP contribution in [0.1, 0.15) is 31.7 Å². The van der Waals surface area contributed by atoms with Gasteiger partial charge in [-0.3, -0.25) is 4.79 Å². The number of carbonyl (C=O) groups is 1. The van der Waals surface area contributed by atoms with E-state index < -0.39 is 0 Å². The number of rotatable bonds is 3. The van der Waals surface area contributed by atoms with E-state index in [0.717, 1.165) is 24.5 Å². The van der Waals surface area contributed by atoms with E-state index in [0.29, 0.717) is 0 Å². The molecule has 3 nitrogen and oxygen atoms in total. The van der Waals surface area contributed by atoms with Gasteiger partial charge in [-0.2, -0.15) is 0 Å². The maximum atomic E-state index is 11.0. The van der Waals surface area contributed by atoms with Crippen LogP contribution in [-0.4, -0.2) is 23.9 Å². The van der Waals surface area contributed by atoms with E-state index in [-0.39, 0.29) is 5.78 Å². The van der Waals surface area contributed by atoms with Crippen molar-refractivity contribution in [1.29, 1.82) is 0 Å². The normalized spacial score (nSPS) is 16.4. The third kappa shape index (κ3) is 3.16. The second kappa shape index (κ2) is 5.62. The van der Waals surface area contributed by atoms with E-state index in [2.05, 4.69) is 9.88 Å². The zero-order chi connectivity index (χ0) is 12.1. The summed E-state index contributed by atoms with van der Waals surface area (Å²) in [5, 5.41) is 0. The summed E-state index contributed by atoms with van der Waals surface area (Å²) in [4.78, 5) is 17.7. The minimum Gasteiger partial charge on any atom is -0.356 e. The highest BCUT2D eigenvalue weighted by molar-refractivity contribution is 5.92. The fourth-order valence-electron chi connectivity index (χ4n) is 2.12. The summed E-state index contributed by atoms with van der Waals surface area (Å²) in [5.74, 6) is 1.07. The summed E-state index contributed by atoms with van der Waals surface area (Å²) < 4.78 is 0. The second-order valence-electron chi connectivity index (χ2n) is 4.41. The Labute approximate surface area is 102 Å². The van der Waals surface area contributed by atoms with E-state index in [1.165, 1.54) is 19.3 Å². The summed E-state index contributed by atoms with van der Waals surface area (Å²) in [7, 11) is 0. The van der Waals surface area contributed by atoms with Crippen LogP contribution in [0.25, 0.3) is 6.08 Å². The zero-order valence-corrected chi connectivity index (χ0v) is 10.2. The van der Waals surface area contributed by atoms with E-state index in [1.54, 1.807) is 13.0 Å². The predicted molar refractivity (Wildman–Crippen MR) is 70.0 cm³/mol. The molecule has 17 heavy (non-hydrogen) atoms. The van der Waals surface area contributed by atoms with Gasteiger partial charge in [-0.1, -0.05) is 0 Å². The molecule has 0 atom stereocenters. The lowest BCUT2D eigenvalue weighted by Gasteiger charge is -2.28. The van der Waals surface area contributed by atoms with Gasteiger partial charge in [0, 0.05) is 24.8 Å². The van der Waals surface area contributed by atoms with Gasteiger partial charge in [0.2, 0.25) is 0 Å². The van der Waals surface area contributed by atoms with Crippen LogP contribution in [0.4, 0.5) is 5.82 Å². The molecule has 3 heteroatoms. The lowest BCUT2D eigenvalue weighted by atomic mass is 10.1. The molecule has 0 amide bonds. The number of anilines is 1. The fraction of sp³-hybridized carbons (Fsp3) is 0.429. The Hall–Kier alpha value is -1.64. The average molecular weight is 230 g/mol. The van der Waals surface area contributed by atoms with Gasteiger partial charge in [0.25, 0.3) is 0 Å². The number of nitrogens with zero attached hydrogens (tertiary/aromatic N) is 2. The van der Waals surface area contributed by atoms with Crippen molar-refractivity contribution in [3.05, 3.63) is 30.0 Å². The minimum absolute atomic E-state index is 0.0680. The monoisotopic (exact) mass is 230 g/mol. The lowest BCUT2D eigenvalue weighted by molar-refractivity contribution is -0.112. The SMILES string of the molecule is CC(=O)/C=C/c1cccnc1N1CCCCC1. The fourth-order valence-corrected chi connectivity index (χ4v) is 2.12. The van der Waals surface area contributed by atoms with Gasteiger partial charge >= 0.3 is 0 Å². The molecule has 0 aliphatic carbocycles. The van der Waals surface area contributed by atoms with Crippen molar-refractivity contribution < 1.29 is 4.79 Å². The van der Waals surface area contributed by atoms with Gasteiger partial charge in [-0.15, -0.1) is 0 Å². The minimum atomic E-state index is 0.0680. The number of ketones is 1. The molecule has 1 aliphatic heterocycles. The van der Waals surface area contributed by atoms with Gasteiger partial charge in [0.05, 0.1) is 0 Å². The van der Waals surface area contributed by atoms with Gasteiger partial charge < -0.3 is 4.90 Å². The number of pyridine rings is 1. The average Bonchev–Trinajstić information content (AvgIpc) is 2.38. The molecule has 0 spiro atoms. The Bertz CT molecular complexity index is 420. The molecule has 2 heterocycles. The summed E-state index contributed by atoms with van der Waals surface area (Å²) in [5.41, 5.74) is 1.03. The predicted octanol–water partition coefficient (Wildman–Crippen LogP) is 2.67. The van der Waals surface area contributed by atoms with Crippen LogP contribution in [0, 0.1) is 0 Å². The zero-order valence-electron chi connectivity index (χ0n) is 10.2. The molecule has 2 rings (SSSR count). The van der Waals surface area contributed by atoms with Gasteiger partial charge in [-0.25, -0.2) is 4.98 Å². The molecule has 0 saturated carbocycles. The molecule has 1 aromatic heterocycles. The molecule has 90 valence electrons. The maximum absolute atomic E-state index is 11.0. The third-order valence-corrected chi connectivity index (χ3v) is 2.97. The molecule has 0 radical (unpaired) electrons. The van der Waals surface area contributed by atoms with Gasteiger partial charge in [0.15, 0.2) is 5.78 Å². The molecular weight excluding hydrogens is 212 g/mol. The van der Waals surface area contributed by atoms with E-state index in [1.807, 2.05) is 24.4 Å². The number of hydrogen-bond donors (Lipinski definition) is 0. The Balaban J connectivity index is 2.23. The summed E-state index contributed by atoms with van der Waals surface area (Å²) >= 11 is 0. The smallest absolute Gasteiger partial charge is 0.152 e. The number of carbonyl (C=O) groups excluding carboxylic acids is 1. The number of allylic oxidation sites excluding steroid dienone is 1. The first-order chi connectivity index (χ1) is 8.27. The molecule has 0 bridgehead atoms. The Morgan fingerprint density at radius 3 is 2.82 bits per heavy atom. The maximum Gasteiger partial charge on any atom is 0.152 e. The Morgan fingerprint density at radius 2 is 2.12 bits per heavy atom. The quantitative estimate of drug-likeness (QED) is 0.748. The van der Waals surface area contributed by atoms with Crippen molar-refractivity contribution in [1.82, 2.24) is 4.98 Å². The molecular formula is C14H18N2O. The molecule has 0 aromatic carbocycles. The molecule has 1 aromatic rings. The highest BCUT2D eigenvalue weighted by Crippen LogP contribution is 2.22. The largest absolute Gasteiger partial charge is 0.356 e. The Kier molecular flexibility index (Phi) is 3.91.